The number of anilines is 2. The molecule has 18 heavy (non-hydrogen) atoms. The maximum atomic E-state index is 11.8. The standard InChI is InChI=1S/C12H19N5O/c1-9-8-15-12(13)16-11(9)14-5-4-10(18)17-6-2-3-7-17/h8H,2-7H2,1H3,(H3,13,14,15,16). The number of aryl methyl sites for hydroxylation is 1. The molecule has 6 heteroatoms. The van der Waals surface area contributed by atoms with Gasteiger partial charge in [-0.25, -0.2) is 4.98 Å². The number of nitrogen functional groups attached to an aromatic ring is 1. The minimum atomic E-state index is 0.208. The maximum absolute atomic E-state index is 11.8. The van der Waals surface area contributed by atoms with Crippen LogP contribution in [0.5, 0.6) is 0 Å². The van der Waals surface area contributed by atoms with Crippen molar-refractivity contribution in [2.45, 2.75) is 26.2 Å². The van der Waals surface area contributed by atoms with Crippen LogP contribution in [0.2, 0.25) is 0 Å². The lowest BCUT2D eigenvalue weighted by Crippen LogP contribution is -2.29. The summed E-state index contributed by atoms with van der Waals surface area (Å²) in [6, 6.07) is 0. The van der Waals surface area contributed by atoms with Crippen molar-refractivity contribution in [3.63, 3.8) is 0 Å². The van der Waals surface area contributed by atoms with E-state index >= 15 is 0 Å². The first-order valence-electron chi connectivity index (χ1n) is 6.27. The van der Waals surface area contributed by atoms with Crippen LogP contribution in [0.15, 0.2) is 6.20 Å². The van der Waals surface area contributed by atoms with Gasteiger partial charge in [-0.05, 0) is 19.8 Å². The molecule has 0 spiro atoms. The largest absolute Gasteiger partial charge is 0.369 e. The summed E-state index contributed by atoms with van der Waals surface area (Å²) in [5.41, 5.74) is 6.45. The van der Waals surface area contributed by atoms with E-state index in [1.807, 2.05) is 11.8 Å². The minimum Gasteiger partial charge on any atom is -0.369 e. The second kappa shape index (κ2) is 5.66. The van der Waals surface area contributed by atoms with Gasteiger partial charge in [-0.1, -0.05) is 0 Å². The third kappa shape index (κ3) is 3.09. The number of aromatic nitrogens is 2. The molecule has 0 unspecified atom stereocenters. The van der Waals surface area contributed by atoms with Gasteiger partial charge < -0.3 is 16.0 Å². The van der Waals surface area contributed by atoms with Crippen molar-refractivity contribution in [2.24, 2.45) is 0 Å². The number of hydrogen-bond donors (Lipinski definition) is 2. The van der Waals surface area contributed by atoms with Crippen LogP contribution >= 0.6 is 0 Å². The molecule has 0 bridgehead atoms. The quantitative estimate of drug-likeness (QED) is 0.824. The van der Waals surface area contributed by atoms with Crippen molar-refractivity contribution in [2.75, 3.05) is 30.7 Å². The SMILES string of the molecule is Cc1cnc(N)nc1NCCC(=O)N1CCCC1. The summed E-state index contributed by atoms with van der Waals surface area (Å²) in [5.74, 6) is 1.16. The molecule has 98 valence electrons. The Hall–Kier alpha value is -1.85. The van der Waals surface area contributed by atoms with Crippen molar-refractivity contribution >= 4 is 17.7 Å². The van der Waals surface area contributed by atoms with E-state index in [9.17, 15) is 4.79 Å². The van der Waals surface area contributed by atoms with Crippen molar-refractivity contribution in [3.8, 4) is 0 Å². The number of hydrogen-bond acceptors (Lipinski definition) is 5. The molecule has 0 radical (unpaired) electrons. The highest BCUT2D eigenvalue weighted by Crippen LogP contribution is 2.12. The first-order chi connectivity index (χ1) is 8.66. The molecular weight excluding hydrogens is 230 g/mol. The molecular formula is C12H19N5O. The summed E-state index contributed by atoms with van der Waals surface area (Å²) in [6.45, 7) is 4.29. The van der Waals surface area contributed by atoms with Crippen LogP contribution in [0.1, 0.15) is 24.8 Å². The second-order valence-electron chi connectivity index (χ2n) is 4.52. The van der Waals surface area contributed by atoms with Gasteiger partial charge in [-0.2, -0.15) is 4.98 Å². The number of amides is 1. The van der Waals surface area contributed by atoms with Crippen LogP contribution in [0.25, 0.3) is 0 Å². The fraction of sp³-hybridized carbons (Fsp3) is 0.583. The normalized spacial score (nSPS) is 14.8. The van der Waals surface area contributed by atoms with Gasteiger partial charge in [0.05, 0.1) is 0 Å². The number of likely N-dealkylation sites (tertiary alicyclic amines) is 1. The molecule has 0 saturated carbocycles. The van der Waals surface area contributed by atoms with Crippen LogP contribution in [-0.4, -0.2) is 40.4 Å². The second-order valence-corrected chi connectivity index (χ2v) is 4.52. The number of rotatable bonds is 4. The molecule has 1 aromatic heterocycles. The first kappa shape index (κ1) is 12.6. The molecule has 1 amide bonds. The van der Waals surface area contributed by atoms with Crippen LogP contribution in [0.3, 0.4) is 0 Å². The number of carbonyl (C=O) groups is 1. The van der Waals surface area contributed by atoms with Crippen molar-refractivity contribution in [3.05, 3.63) is 11.8 Å². The highest BCUT2D eigenvalue weighted by molar-refractivity contribution is 5.77. The van der Waals surface area contributed by atoms with Crippen LogP contribution in [0.4, 0.5) is 11.8 Å². The highest BCUT2D eigenvalue weighted by Gasteiger charge is 2.17. The van der Waals surface area contributed by atoms with Gasteiger partial charge in [0.1, 0.15) is 5.82 Å². The number of nitrogens with one attached hydrogen (secondary N) is 1. The molecule has 1 aromatic rings. The van der Waals surface area contributed by atoms with Gasteiger partial charge >= 0.3 is 0 Å². The Balaban J connectivity index is 1.81. The van der Waals surface area contributed by atoms with E-state index < -0.39 is 0 Å². The molecule has 2 heterocycles. The topological polar surface area (TPSA) is 84.1 Å². The predicted molar refractivity (Wildman–Crippen MR) is 70.1 cm³/mol. The Bertz CT molecular complexity index is 428. The summed E-state index contributed by atoms with van der Waals surface area (Å²) in [6.07, 6.45) is 4.41. The lowest BCUT2D eigenvalue weighted by molar-refractivity contribution is -0.129. The molecule has 0 aliphatic carbocycles. The number of carbonyl (C=O) groups excluding carboxylic acids is 1. The third-order valence-electron chi connectivity index (χ3n) is 3.08. The van der Waals surface area contributed by atoms with Gasteiger partial charge in [-0.3, -0.25) is 4.79 Å². The summed E-state index contributed by atoms with van der Waals surface area (Å²) >= 11 is 0. The lowest BCUT2D eigenvalue weighted by atomic mass is 10.3. The van der Waals surface area contributed by atoms with Gasteiger partial charge in [0, 0.05) is 37.8 Å². The van der Waals surface area contributed by atoms with Crippen molar-refractivity contribution in [1.29, 1.82) is 0 Å². The van der Waals surface area contributed by atoms with E-state index in [1.54, 1.807) is 6.20 Å². The van der Waals surface area contributed by atoms with Crippen molar-refractivity contribution < 1.29 is 4.79 Å². The fourth-order valence-electron chi connectivity index (χ4n) is 2.05. The van der Waals surface area contributed by atoms with Gasteiger partial charge in [0.2, 0.25) is 11.9 Å². The molecule has 1 saturated heterocycles. The fourth-order valence-corrected chi connectivity index (χ4v) is 2.05. The van der Waals surface area contributed by atoms with Crippen LogP contribution in [-0.2, 0) is 4.79 Å². The Labute approximate surface area is 107 Å². The van der Waals surface area contributed by atoms with Crippen molar-refractivity contribution in [1.82, 2.24) is 14.9 Å². The monoisotopic (exact) mass is 249 g/mol. The summed E-state index contributed by atoms with van der Waals surface area (Å²) in [5, 5.41) is 3.13. The zero-order chi connectivity index (χ0) is 13.0. The van der Waals surface area contributed by atoms with E-state index in [-0.39, 0.29) is 11.9 Å². The summed E-state index contributed by atoms with van der Waals surface area (Å²) in [7, 11) is 0. The third-order valence-corrected chi connectivity index (χ3v) is 3.08. The Kier molecular flexibility index (Phi) is 3.96. The molecule has 1 fully saturated rings. The van der Waals surface area contributed by atoms with E-state index in [2.05, 4.69) is 15.3 Å². The minimum absolute atomic E-state index is 0.208. The molecule has 3 N–H and O–H groups in total. The van der Waals surface area contributed by atoms with E-state index in [1.165, 1.54) is 0 Å². The molecule has 2 rings (SSSR count). The molecule has 6 nitrogen and oxygen atoms in total. The highest BCUT2D eigenvalue weighted by atomic mass is 16.2. The average molecular weight is 249 g/mol. The Morgan fingerprint density at radius 2 is 2.22 bits per heavy atom. The lowest BCUT2D eigenvalue weighted by Gasteiger charge is -2.15. The van der Waals surface area contributed by atoms with Gasteiger partial charge in [0.25, 0.3) is 0 Å². The molecule has 0 aromatic carbocycles. The summed E-state index contributed by atoms with van der Waals surface area (Å²) in [4.78, 5) is 21.7. The maximum Gasteiger partial charge on any atom is 0.224 e. The van der Waals surface area contributed by atoms with E-state index in [4.69, 9.17) is 5.73 Å². The summed E-state index contributed by atoms with van der Waals surface area (Å²) < 4.78 is 0. The molecule has 1 aliphatic rings. The zero-order valence-electron chi connectivity index (χ0n) is 10.6. The van der Waals surface area contributed by atoms with Crippen LogP contribution < -0.4 is 11.1 Å². The molecule has 0 atom stereocenters. The number of nitrogens with zero attached hydrogens (tertiary/aromatic N) is 3. The first-order valence-corrected chi connectivity index (χ1v) is 6.27. The Morgan fingerprint density at radius 1 is 1.50 bits per heavy atom. The average Bonchev–Trinajstić information content (AvgIpc) is 2.87. The smallest absolute Gasteiger partial charge is 0.224 e. The predicted octanol–water partition coefficient (Wildman–Crippen LogP) is 0.792. The van der Waals surface area contributed by atoms with E-state index in [0.29, 0.717) is 18.8 Å². The van der Waals surface area contributed by atoms with Gasteiger partial charge in [-0.15, -0.1) is 0 Å². The Morgan fingerprint density at radius 3 is 2.94 bits per heavy atom. The van der Waals surface area contributed by atoms with Gasteiger partial charge in [0.15, 0.2) is 0 Å². The van der Waals surface area contributed by atoms with E-state index in [0.717, 1.165) is 31.5 Å². The zero-order valence-corrected chi connectivity index (χ0v) is 10.6. The van der Waals surface area contributed by atoms with Crippen LogP contribution in [0, 0.1) is 6.92 Å². The number of nitrogens with two attached hydrogens (primary N) is 1. The molecule has 1 aliphatic heterocycles.